The zero-order valence-electron chi connectivity index (χ0n) is 14.7. The molecular formula is C17H21BrN4O3S. The van der Waals surface area contributed by atoms with Gasteiger partial charge in [-0.05, 0) is 28.1 Å². The molecule has 7 nitrogen and oxygen atoms in total. The molecule has 1 aromatic heterocycles. The molecule has 0 radical (unpaired) electrons. The molecule has 0 saturated heterocycles. The molecule has 1 aromatic carbocycles. The smallest absolute Gasteiger partial charge is 0.244 e. The molecule has 140 valence electrons. The molecule has 0 fully saturated rings. The van der Waals surface area contributed by atoms with Crippen molar-refractivity contribution in [3.8, 4) is 0 Å². The third-order valence-electron chi connectivity index (χ3n) is 4.53. The van der Waals surface area contributed by atoms with Crippen molar-refractivity contribution in [3.63, 3.8) is 0 Å². The van der Waals surface area contributed by atoms with Gasteiger partial charge >= 0.3 is 0 Å². The van der Waals surface area contributed by atoms with Crippen LogP contribution in [0.4, 0.5) is 0 Å². The molecule has 3 rings (SSSR count). The fourth-order valence-electron chi connectivity index (χ4n) is 2.98. The van der Waals surface area contributed by atoms with Gasteiger partial charge in [-0.3, -0.25) is 4.79 Å². The first-order chi connectivity index (χ1) is 12.3. The Balaban J connectivity index is 1.85. The van der Waals surface area contributed by atoms with E-state index in [-0.39, 0.29) is 17.3 Å². The van der Waals surface area contributed by atoms with Gasteiger partial charge in [-0.1, -0.05) is 19.1 Å². The Morgan fingerprint density at radius 1 is 1.35 bits per heavy atom. The first-order valence-electron chi connectivity index (χ1n) is 8.39. The Bertz CT molecular complexity index is 939. The molecule has 9 heteroatoms. The van der Waals surface area contributed by atoms with Crippen LogP contribution < -0.4 is 5.32 Å². The molecule has 1 aliphatic rings. The maximum absolute atomic E-state index is 13.0. The van der Waals surface area contributed by atoms with Gasteiger partial charge in [-0.2, -0.15) is 4.31 Å². The number of sulfonamides is 1. The molecule has 2 heterocycles. The van der Waals surface area contributed by atoms with Crippen LogP contribution in [-0.4, -0.2) is 34.7 Å². The average molecular weight is 441 g/mol. The summed E-state index contributed by atoms with van der Waals surface area (Å²) in [6, 6.07) is 6.83. The first kappa shape index (κ1) is 19.1. The van der Waals surface area contributed by atoms with E-state index in [1.807, 2.05) is 11.6 Å². The lowest BCUT2D eigenvalue weighted by Crippen LogP contribution is -2.36. The van der Waals surface area contributed by atoms with E-state index in [1.165, 1.54) is 4.31 Å². The maximum Gasteiger partial charge on any atom is 0.244 e. The number of hydrogen-bond donors (Lipinski definition) is 1. The van der Waals surface area contributed by atoms with Gasteiger partial charge < -0.3 is 9.88 Å². The van der Waals surface area contributed by atoms with Gasteiger partial charge in [0.05, 0.1) is 29.4 Å². The van der Waals surface area contributed by atoms with Gasteiger partial charge in [0.1, 0.15) is 5.82 Å². The van der Waals surface area contributed by atoms with E-state index in [0.29, 0.717) is 30.4 Å². The van der Waals surface area contributed by atoms with Crippen molar-refractivity contribution >= 4 is 31.9 Å². The monoisotopic (exact) mass is 440 g/mol. The number of carbonyl (C=O) groups excluding carboxylic acids is 1. The van der Waals surface area contributed by atoms with Crippen LogP contribution in [0.3, 0.4) is 0 Å². The highest BCUT2D eigenvalue weighted by atomic mass is 79.9. The van der Waals surface area contributed by atoms with E-state index in [9.17, 15) is 13.2 Å². The van der Waals surface area contributed by atoms with Gasteiger partial charge in [0, 0.05) is 30.9 Å². The van der Waals surface area contributed by atoms with Crippen molar-refractivity contribution in [3.05, 3.63) is 46.0 Å². The van der Waals surface area contributed by atoms with Crippen LogP contribution >= 0.6 is 15.9 Å². The van der Waals surface area contributed by atoms with Crippen LogP contribution in [0.1, 0.15) is 30.6 Å². The summed E-state index contributed by atoms with van der Waals surface area (Å²) in [6.45, 7) is 2.79. The average Bonchev–Trinajstić information content (AvgIpc) is 2.95. The second kappa shape index (κ2) is 7.50. The summed E-state index contributed by atoms with van der Waals surface area (Å²) in [5, 5.41) is 2.81. The number of aromatic nitrogens is 2. The summed E-state index contributed by atoms with van der Waals surface area (Å²) in [7, 11) is -1.74. The molecule has 26 heavy (non-hydrogen) atoms. The summed E-state index contributed by atoms with van der Waals surface area (Å²) < 4.78 is 29.9. The number of benzene rings is 1. The van der Waals surface area contributed by atoms with Gasteiger partial charge in [0.2, 0.25) is 15.9 Å². The van der Waals surface area contributed by atoms with E-state index in [1.54, 1.807) is 31.2 Å². The van der Waals surface area contributed by atoms with E-state index in [0.717, 1.165) is 17.2 Å². The number of halogens is 1. The topological polar surface area (TPSA) is 84.3 Å². The van der Waals surface area contributed by atoms with Crippen molar-refractivity contribution in [1.82, 2.24) is 19.2 Å². The number of nitrogens with one attached hydrogen (secondary N) is 1. The Labute approximate surface area is 161 Å². The largest absolute Gasteiger partial charge is 0.349 e. The zero-order valence-corrected chi connectivity index (χ0v) is 17.1. The van der Waals surface area contributed by atoms with Crippen LogP contribution in [0.15, 0.2) is 33.6 Å². The van der Waals surface area contributed by atoms with Crippen LogP contribution in [0, 0.1) is 0 Å². The summed E-state index contributed by atoms with van der Waals surface area (Å²) in [4.78, 5) is 16.3. The molecule has 0 atom stereocenters. The minimum absolute atomic E-state index is 0.0379. The van der Waals surface area contributed by atoms with E-state index >= 15 is 0 Å². The van der Waals surface area contributed by atoms with Crippen molar-refractivity contribution in [2.75, 3.05) is 6.54 Å². The Morgan fingerprint density at radius 3 is 2.77 bits per heavy atom. The number of rotatable bonds is 5. The highest BCUT2D eigenvalue weighted by molar-refractivity contribution is 9.10. The molecule has 1 amide bonds. The molecular weight excluding hydrogens is 420 g/mol. The number of fused-ring (bicyclic) bond motifs is 1. The Hall–Kier alpha value is -1.71. The highest BCUT2D eigenvalue weighted by Crippen LogP contribution is 2.29. The lowest BCUT2D eigenvalue weighted by atomic mass is 10.2. The Morgan fingerprint density at radius 2 is 2.08 bits per heavy atom. The number of amides is 1. The molecule has 0 aliphatic carbocycles. The minimum atomic E-state index is -3.60. The molecule has 1 N–H and O–H groups in total. The SMILES string of the molecule is CCC(=O)NCc1nc2c(n1C)CN(S(=O)(=O)c1ccccc1Br)CC2. The highest BCUT2D eigenvalue weighted by Gasteiger charge is 2.32. The fourth-order valence-corrected chi connectivity index (χ4v) is 5.34. The molecule has 0 saturated carbocycles. The number of imidazole rings is 1. The second-order valence-electron chi connectivity index (χ2n) is 6.13. The summed E-state index contributed by atoms with van der Waals surface area (Å²) >= 11 is 3.33. The van der Waals surface area contributed by atoms with Gasteiger partial charge in [-0.15, -0.1) is 0 Å². The summed E-state index contributed by atoms with van der Waals surface area (Å²) in [6.07, 6.45) is 0.969. The van der Waals surface area contributed by atoms with Gasteiger partial charge in [0.15, 0.2) is 0 Å². The van der Waals surface area contributed by atoms with Crippen molar-refractivity contribution < 1.29 is 13.2 Å². The molecule has 0 spiro atoms. The minimum Gasteiger partial charge on any atom is -0.349 e. The van der Waals surface area contributed by atoms with Crippen LogP contribution in [-0.2, 0) is 41.4 Å². The quantitative estimate of drug-likeness (QED) is 0.769. The summed E-state index contributed by atoms with van der Waals surface area (Å²) in [5.41, 5.74) is 1.76. The third kappa shape index (κ3) is 3.56. The van der Waals surface area contributed by atoms with Crippen LogP contribution in [0.25, 0.3) is 0 Å². The van der Waals surface area contributed by atoms with Crippen LogP contribution in [0.5, 0.6) is 0 Å². The van der Waals surface area contributed by atoms with E-state index in [4.69, 9.17) is 0 Å². The molecule has 1 aliphatic heterocycles. The molecule has 0 bridgehead atoms. The van der Waals surface area contributed by atoms with E-state index < -0.39 is 10.0 Å². The second-order valence-corrected chi connectivity index (χ2v) is 8.89. The number of hydrogen-bond acceptors (Lipinski definition) is 4. The van der Waals surface area contributed by atoms with Gasteiger partial charge in [-0.25, -0.2) is 13.4 Å². The summed E-state index contributed by atoms with van der Waals surface area (Å²) in [5.74, 6) is 0.695. The number of nitrogens with zero attached hydrogens (tertiary/aromatic N) is 3. The maximum atomic E-state index is 13.0. The van der Waals surface area contributed by atoms with Crippen molar-refractivity contribution in [1.29, 1.82) is 0 Å². The Kier molecular flexibility index (Phi) is 5.50. The lowest BCUT2D eigenvalue weighted by molar-refractivity contribution is -0.120. The predicted molar refractivity (Wildman–Crippen MR) is 101 cm³/mol. The predicted octanol–water partition coefficient (Wildman–Crippen LogP) is 1.96. The lowest BCUT2D eigenvalue weighted by Gasteiger charge is -2.26. The van der Waals surface area contributed by atoms with Gasteiger partial charge in [0.25, 0.3) is 0 Å². The number of carbonyl (C=O) groups is 1. The molecule has 2 aromatic rings. The van der Waals surface area contributed by atoms with Crippen LogP contribution in [0.2, 0.25) is 0 Å². The zero-order chi connectivity index (χ0) is 18.9. The standard InChI is InChI=1S/C17H21BrN4O3S/c1-3-17(23)19-10-16-20-13-8-9-22(11-14(13)21(16)2)26(24,25)15-7-5-4-6-12(15)18/h4-7H,3,8-11H2,1-2H3,(H,19,23). The van der Waals surface area contributed by atoms with Crippen molar-refractivity contribution in [2.24, 2.45) is 7.05 Å². The normalized spacial score (nSPS) is 14.9. The third-order valence-corrected chi connectivity index (χ3v) is 7.39. The van der Waals surface area contributed by atoms with Crippen molar-refractivity contribution in [2.45, 2.75) is 37.8 Å². The molecule has 0 unspecified atom stereocenters. The first-order valence-corrected chi connectivity index (χ1v) is 10.6. The van der Waals surface area contributed by atoms with E-state index in [2.05, 4.69) is 26.2 Å². The fraction of sp³-hybridized carbons (Fsp3) is 0.412.